The van der Waals surface area contributed by atoms with Gasteiger partial charge in [0.1, 0.15) is 5.75 Å². The van der Waals surface area contributed by atoms with E-state index in [1.54, 1.807) is 49.7 Å². The lowest BCUT2D eigenvalue weighted by molar-refractivity contribution is 0.415. The van der Waals surface area contributed by atoms with Crippen molar-refractivity contribution in [3.8, 4) is 5.75 Å². The average molecular weight is 413 g/mol. The molecular formula is C15H12INO3S. The molecule has 108 valence electrons. The van der Waals surface area contributed by atoms with Crippen LogP contribution in [0.15, 0.2) is 59.6 Å². The molecule has 0 aliphatic carbocycles. The van der Waals surface area contributed by atoms with Crippen molar-refractivity contribution in [2.75, 3.05) is 7.11 Å². The van der Waals surface area contributed by atoms with E-state index in [0.29, 0.717) is 11.3 Å². The van der Waals surface area contributed by atoms with Gasteiger partial charge in [-0.3, -0.25) is 0 Å². The van der Waals surface area contributed by atoms with Gasteiger partial charge in [0, 0.05) is 21.2 Å². The normalized spacial score (nSPS) is 11.7. The number of methoxy groups -OCH3 is 1. The zero-order valence-electron chi connectivity index (χ0n) is 11.2. The summed E-state index contributed by atoms with van der Waals surface area (Å²) in [5.74, 6) is 0.626. The second kappa shape index (κ2) is 5.34. The molecule has 0 N–H and O–H groups in total. The van der Waals surface area contributed by atoms with Crippen LogP contribution in [-0.4, -0.2) is 19.5 Å². The van der Waals surface area contributed by atoms with Crippen LogP contribution in [0.3, 0.4) is 0 Å². The molecule has 0 unspecified atom stereocenters. The molecule has 4 nitrogen and oxygen atoms in total. The Hall–Kier alpha value is -1.54. The molecule has 0 fully saturated rings. The van der Waals surface area contributed by atoms with E-state index in [1.807, 2.05) is 12.1 Å². The van der Waals surface area contributed by atoms with Crippen LogP contribution < -0.4 is 4.74 Å². The SMILES string of the molecule is COc1ccc2c(I)cn(S(=O)(=O)c3ccccc3)c2c1. The van der Waals surface area contributed by atoms with E-state index in [4.69, 9.17) is 4.74 Å². The first-order valence-electron chi connectivity index (χ1n) is 6.19. The van der Waals surface area contributed by atoms with Gasteiger partial charge in [0.2, 0.25) is 0 Å². The molecule has 0 saturated heterocycles. The molecule has 0 atom stereocenters. The van der Waals surface area contributed by atoms with Crippen LogP contribution in [0.4, 0.5) is 0 Å². The summed E-state index contributed by atoms with van der Waals surface area (Å²) in [7, 11) is -2.05. The standard InChI is InChI=1S/C15H12INO3S/c1-20-11-7-8-13-14(16)10-17(15(13)9-11)21(18,19)12-5-3-2-4-6-12/h2-10H,1H3. The van der Waals surface area contributed by atoms with Crippen molar-refractivity contribution in [2.45, 2.75) is 4.90 Å². The molecule has 0 amide bonds. The summed E-state index contributed by atoms with van der Waals surface area (Å²) in [4.78, 5) is 0.265. The highest BCUT2D eigenvalue weighted by Crippen LogP contribution is 2.29. The van der Waals surface area contributed by atoms with E-state index < -0.39 is 10.0 Å². The van der Waals surface area contributed by atoms with Gasteiger partial charge in [-0.05, 0) is 46.9 Å². The van der Waals surface area contributed by atoms with Gasteiger partial charge in [-0.1, -0.05) is 18.2 Å². The Balaban J connectivity index is 2.30. The number of fused-ring (bicyclic) bond motifs is 1. The molecule has 21 heavy (non-hydrogen) atoms. The topological polar surface area (TPSA) is 48.3 Å². The number of benzene rings is 2. The Morgan fingerprint density at radius 2 is 1.81 bits per heavy atom. The number of hydrogen-bond acceptors (Lipinski definition) is 3. The lowest BCUT2D eigenvalue weighted by Crippen LogP contribution is -2.11. The van der Waals surface area contributed by atoms with Gasteiger partial charge in [0.05, 0.1) is 17.5 Å². The number of aromatic nitrogens is 1. The smallest absolute Gasteiger partial charge is 0.268 e. The number of rotatable bonds is 3. The van der Waals surface area contributed by atoms with Crippen LogP contribution >= 0.6 is 22.6 Å². The van der Waals surface area contributed by atoms with Crippen LogP contribution in [0, 0.1) is 3.57 Å². The Bertz CT molecular complexity index is 901. The molecule has 0 spiro atoms. The second-order valence-corrected chi connectivity index (χ2v) is 7.45. The van der Waals surface area contributed by atoms with Crippen molar-refractivity contribution >= 4 is 43.5 Å². The van der Waals surface area contributed by atoms with E-state index in [-0.39, 0.29) is 4.90 Å². The highest BCUT2D eigenvalue weighted by molar-refractivity contribution is 14.1. The monoisotopic (exact) mass is 413 g/mol. The Labute approximate surface area is 136 Å². The maximum Gasteiger partial charge on any atom is 0.268 e. The summed E-state index contributed by atoms with van der Waals surface area (Å²) >= 11 is 2.14. The number of nitrogens with zero attached hydrogens (tertiary/aromatic N) is 1. The second-order valence-electron chi connectivity index (χ2n) is 4.47. The summed E-state index contributed by atoms with van der Waals surface area (Å²) in [6.45, 7) is 0. The van der Waals surface area contributed by atoms with Gasteiger partial charge < -0.3 is 4.74 Å². The lowest BCUT2D eigenvalue weighted by atomic mass is 10.2. The molecule has 2 aromatic carbocycles. The minimum absolute atomic E-state index is 0.265. The summed E-state index contributed by atoms with van der Waals surface area (Å²) in [5.41, 5.74) is 0.614. The van der Waals surface area contributed by atoms with Crippen molar-refractivity contribution in [3.63, 3.8) is 0 Å². The van der Waals surface area contributed by atoms with Crippen molar-refractivity contribution in [1.82, 2.24) is 3.97 Å². The fourth-order valence-electron chi connectivity index (χ4n) is 2.17. The van der Waals surface area contributed by atoms with Gasteiger partial charge in [-0.15, -0.1) is 0 Å². The van der Waals surface area contributed by atoms with Crippen molar-refractivity contribution in [2.24, 2.45) is 0 Å². The van der Waals surface area contributed by atoms with Crippen LogP contribution in [0.1, 0.15) is 0 Å². The van der Waals surface area contributed by atoms with E-state index >= 15 is 0 Å². The summed E-state index contributed by atoms with van der Waals surface area (Å²) in [5, 5.41) is 0.885. The highest BCUT2D eigenvalue weighted by atomic mass is 127. The lowest BCUT2D eigenvalue weighted by Gasteiger charge is -2.08. The minimum atomic E-state index is -3.61. The minimum Gasteiger partial charge on any atom is -0.497 e. The van der Waals surface area contributed by atoms with Crippen LogP contribution in [0.5, 0.6) is 5.75 Å². The zero-order valence-corrected chi connectivity index (χ0v) is 14.1. The van der Waals surface area contributed by atoms with Crippen LogP contribution in [0.2, 0.25) is 0 Å². The molecule has 6 heteroatoms. The van der Waals surface area contributed by atoms with Crippen LogP contribution in [0.25, 0.3) is 10.9 Å². The van der Waals surface area contributed by atoms with Crippen molar-refractivity contribution in [3.05, 3.63) is 58.3 Å². The third-order valence-corrected chi connectivity index (χ3v) is 5.78. The summed E-state index contributed by atoms with van der Waals surface area (Å²) in [6.07, 6.45) is 1.63. The first kappa shape index (κ1) is 14.4. The molecule has 0 saturated carbocycles. The van der Waals surface area contributed by atoms with E-state index in [0.717, 1.165) is 8.96 Å². The molecule has 0 aliphatic heterocycles. The Kier molecular flexibility index (Phi) is 3.66. The average Bonchev–Trinajstić information content (AvgIpc) is 2.85. The van der Waals surface area contributed by atoms with Crippen molar-refractivity contribution in [1.29, 1.82) is 0 Å². The van der Waals surface area contributed by atoms with Gasteiger partial charge in [-0.2, -0.15) is 0 Å². The number of ether oxygens (including phenoxy) is 1. The summed E-state index contributed by atoms with van der Waals surface area (Å²) in [6, 6.07) is 13.8. The first-order chi connectivity index (χ1) is 10.0. The van der Waals surface area contributed by atoms with E-state index in [9.17, 15) is 8.42 Å². The van der Waals surface area contributed by atoms with E-state index in [1.165, 1.54) is 3.97 Å². The first-order valence-corrected chi connectivity index (χ1v) is 8.71. The third kappa shape index (κ3) is 2.42. The molecule has 1 aromatic heterocycles. The fourth-order valence-corrected chi connectivity index (χ4v) is 4.48. The summed E-state index contributed by atoms with van der Waals surface area (Å²) < 4.78 is 32.9. The van der Waals surface area contributed by atoms with E-state index in [2.05, 4.69) is 22.6 Å². The predicted molar refractivity (Wildman–Crippen MR) is 90.2 cm³/mol. The largest absolute Gasteiger partial charge is 0.497 e. The Morgan fingerprint density at radius 3 is 2.48 bits per heavy atom. The molecule has 0 bridgehead atoms. The number of hydrogen-bond donors (Lipinski definition) is 0. The quantitative estimate of drug-likeness (QED) is 0.618. The maximum absolute atomic E-state index is 12.8. The Morgan fingerprint density at radius 1 is 1.10 bits per heavy atom. The zero-order chi connectivity index (χ0) is 15.0. The highest BCUT2D eigenvalue weighted by Gasteiger charge is 2.20. The number of halogens is 1. The molecule has 0 radical (unpaired) electrons. The van der Waals surface area contributed by atoms with Gasteiger partial charge >= 0.3 is 0 Å². The predicted octanol–water partition coefficient (Wildman–Crippen LogP) is 3.49. The third-order valence-electron chi connectivity index (χ3n) is 3.23. The van der Waals surface area contributed by atoms with Gasteiger partial charge in [0.25, 0.3) is 10.0 Å². The maximum atomic E-state index is 12.8. The molecular weight excluding hydrogens is 401 g/mol. The van der Waals surface area contributed by atoms with Crippen molar-refractivity contribution < 1.29 is 13.2 Å². The molecule has 0 aliphatic rings. The molecule has 3 rings (SSSR count). The molecule has 1 heterocycles. The van der Waals surface area contributed by atoms with Gasteiger partial charge in [0.15, 0.2) is 0 Å². The molecule has 3 aromatic rings. The van der Waals surface area contributed by atoms with Crippen LogP contribution in [-0.2, 0) is 10.0 Å². The van der Waals surface area contributed by atoms with Gasteiger partial charge in [-0.25, -0.2) is 12.4 Å². The fraction of sp³-hybridized carbons (Fsp3) is 0.0667.